The number of carbonyl (C=O) groups excluding carboxylic acids is 2. The standard InChI is InChI=1S/C20H22N2O3/c1-3-18(19(23)21-2)22-20(24)25-12-17-15-10-6-4-8-13(15)14-9-5-7-11-16(14)17/h4-11,17-18H,3,12H2,1-2H3,(H,21,23)(H,22,24). The number of benzene rings is 2. The first-order valence-corrected chi connectivity index (χ1v) is 8.48. The van der Waals surface area contributed by atoms with Crippen LogP contribution in [0.5, 0.6) is 0 Å². The van der Waals surface area contributed by atoms with Crippen molar-refractivity contribution in [1.82, 2.24) is 10.6 Å². The molecule has 1 unspecified atom stereocenters. The highest BCUT2D eigenvalue weighted by atomic mass is 16.5. The van der Waals surface area contributed by atoms with Crippen molar-refractivity contribution in [2.75, 3.05) is 13.7 Å². The van der Waals surface area contributed by atoms with Crippen LogP contribution in [0.1, 0.15) is 30.4 Å². The number of fused-ring (bicyclic) bond motifs is 3. The van der Waals surface area contributed by atoms with Crippen molar-refractivity contribution < 1.29 is 14.3 Å². The van der Waals surface area contributed by atoms with Crippen LogP contribution in [0.3, 0.4) is 0 Å². The van der Waals surface area contributed by atoms with Crippen molar-refractivity contribution in [2.24, 2.45) is 0 Å². The van der Waals surface area contributed by atoms with Crippen molar-refractivity contribution in [3.8, 4) is 11.1 Å². The first kappa shape index (κ1) is 17.0. The largest absolute Gasteiger partial charge is 0.449 e. The first-order valence-electron chi connectivity index (χ1n) is 8.48. The minimum Gasteiger partial charge on any atom is -0.449 e. The number of amides is 2. The highest BCUT2D eigenvalue weighted by Crippen LogP contribution is 2.44. The maximum absolute atomic E-state index is 12.1. The molecule has 0 fully saturated rings. The second-order valence-electron chi connectivity index (χ2n) is 6.04. The lowest BCUT2D eigenvalue weighted by Crippen LogP contribution is -2.45. The van der Waals surface area contributed by atoms with Gasteiger partial charge in [-0.05, 0) is 28.7 Å². The van der Waals surface area contributed by atoms with E-state index in [1.807, 2.05) is 31.2 Å². The van der Waals surface area contributed by atoms with Gasteiger partial charge in [-0.2, -0.15) is 0 Å². The fourth-order valence-corrected chi connectivity index (χ4v) is 3.31. The van der Waals surface area contributed by atoms with Crippen molar-refractivity contribution in [3.63, 3.8) is 0 Å². The summed E-state index contributed by atoms with van der Waals surface area (Å²) >= 11 is 0. The number of hydrogen-bond donors (Lipinski definition) is 2. The van der Waals surface area contributed by atoms with Gasteiger partial charge in [0.25, 0.3) is 0 Å². The van der Waals surface area contributed by atoms with Crippen molar-refractivity contribution in [1.29, 1.82) is 0 Å². The van der Waals surface area contributed by atoms with E-state index < -0.39 is 12.1 Å². The van der Waals surface area contributed by atoms with Gasteiger partial charge in [-0.25, -0.2) is 4.79 Å². The van der Waals surface area contributed by atoms with E-state index in [1.165, 1.54) is 11.1 Å². The SMILES string of the molecule is CCC(NC(=O)OCC1c2ccccc2-c2ccccc21)C(=O)NC. The molecule has 2 aromatic rings. The third-order valence-corrected chi connectivity index (χ3v) is 4.61. The molecule has 0 saturated carbocycles. The van der Waals surface area contributed by atoms with E-state index >= 15 is 0 Å². The Morgan fingerprint density at radius 3 is 2.12 bits per heavy atom. The average Bonchev–Trinajstić information content (AvgIpc) is 2.98. The summed E-state index contributed by atoms with van der Waals surface area (Å²) in [4.78, 5) is 23.8. The second-order valence-corrected chi connectivity index (χ2v) is 6.04. The van der Waals surface area contributed by atoms with Crippen molar-refractivity contribution in [3.05, 3.63) is 59.7 Å². The van der Waals surface area contributed by atoms with Gasteiger partial charge in [0.2, 0.25) is 5.91 Å². The Morgan fingerprint density at radius 2 is 1.60 bits per heavy atom. The fraction of sp³-hybridized carbons (Fsp3) is 0.300. The lowest BCUT2D eigenvalue weighted by atomic mass is 9.98. The van der Waals surface area contributed by atoms with E-state index in [9.17, 15) is 9.59 Å². The monoisotopic (exact) mass is 338 g/mol. The minimum atomic E-state index is -0.583. The topological polar surface area (TPSA) is 67.4 Å². The maximum atomic E-state index is 12.1. The summed E-state index contributed by atoms with van der Waals surface area (Å²) < 4.78 is 5.44. The van der Waals surface area contributed by atoms with E-state index in [4.69, 9.17) is 4.74 Å². The molecule has 0 aliphatic heterocycles. The Bertz CT molecular complexity index is 743. The van der Waals surface area contributed by atoms with Crippen LogP contribution in [-0.4, -0.2) is 31.7 Å². The van der Waals surface area contributed by atoms with Gasteiger partial charge in [0.05, 0.1) is 0 Å². The predicted octanol–water partition coefficient (Wildman–Crippen LogP) is 3.05. The molecule has 0 spiro atoms. The van der Waals surface area contributed by atoms with E-state index in [-0.39, 0.29) is 18.4 Å². The van der Waals surface area contributed by atoms with Crippen LogP contribution in [0, 0.1) is 0 Å². The summed E-state index contributed by atoms with van der Waals surface area (Å²) in [5.74, 6) is -0.214. The number of likely N-dealkylation sites (N-methyl/N-ethyl adjacent to an activating group) is 1. The molecular formula is C20H22N2O3. The molecular weight excluding hydrogens is 316 g/mol. The van der Waals surface area contributed by atoms with Gasteiger partial charge < -0.3 is 15.4 Å². The summed E-state index contributed by atoms with van der Waals surface area (Å²) in [6.45, 7) is 2.08. The molecule has 5 heteroatoms. The highest BCUT2D eigenvalue weighted by Gasteiger charge is 2.29. The van der Waals surface area contributed by atoms with E-state index in [1.54, 1.807) is 7.05 Å². The third kappa shape index (κ3) is 3.36. The van der Waals surface area contributed by atoms with Crippen LogP contribution in [0.4, 0.5) is 4.79 Å². The first-order chi connectivity index (χ1) is 12.2. The van der Waals surface area contributed by atoms with Crippen LogP contribution in [0.2, 0.25) is 0 Å². The molecule has 1 aliphatic carbocycles. The number of ether oxygens (including phenoxy) is 1. The Balaban J connectivity index is 1.71. The lowest BCUT2D eigenvalue weighted by Gasteiger charge is -2.18. The molecule has 0 saturated heterocycles. The highest BCUT2D eigenvalue weighted by molar-refractivity contribution is 5.85. The van der Waals surface area contributed by atoms with Gasteiger partial charge in [-0.3, -0.25) is 4.79 Å². The molecule has 2 aromatic carbocycles. The minimum absolute atomic E-state index is 0.0122. The quantitative estimate of drug-likeness (QED) is 0.880. The molecule has 130 valence electrons. The Morgan fingerprint density at radius 1 is 1.04 bits per heavy atom. The van der Waals surface area contributed by atoms with Crippen LogP contribution in [-0.2, 0) is 9.53 Å². The summed E-state index contributed by atoms with van der Waals surface area (Å²) in [5.41, 5.74) is 4.69. The molecule has 2 amide bonds. The number of alkyl carbamates (subject to hydrolysis) is 1. The summed E-state index contributed by atoms with van der Waals surface area (Å²) in [5, 5.41) is 5.15. The number of nitrogens with one attached hydrogen (secondary N) is 2. The van der Waals surface area contributed by atoms with Gasteiger partial charge >= 0.3 is 6.09 Å². The van der Waals surface area contributed by atoms with Crippen LogP contribution in [0.15, 0.2) is 48.5 Å². The summed E-state index contributed by atoms with van der Waals surface area (Å²) in [7, 11) is 1.55. The molecule has 5 nitrogen and oxygen atoms in total. The normalized spacial score (nSPS) is 13.5. The van der Waals surface area contributed by atoms with Crippen LogP contribution >= 0.6 is 0 Å². The number of hydrogen-bond acceptors (Lipinski definition) is 3. The zero-order valence-electron chi connectivity index (χ0n) is 14.4. The van der Waals surface area contributed by atoms with Gasteiger partial charge in [0, 0.05) is 13.0 Å². The predicted molar refractivity (Wildman–Crippen MR) is 96.4 cm³/mol. The van der Waals surface area contributed by atoms with Gasteiger partial charge in [-0.15, -0.1) is 0 Å². The summed E-state index contributed by atoms with van der Waals surface area (Å²) in [6, 6.07) is 15.8. The molecule has 3 rings (SSSR count). The zero-order chi connectivity index (χ0) is 17.8. The number of rotatable bonds is 5. The smallest absolute Gasteiger partial charge is 0.407 e. The second kappa shape index (κ2) is 7.38. The Labute approximate surface area is 147 Å². The maximum Gasteiger partial charge on any atom is 0.407 e. The Hall–Kier alpha value is -2.82. The molecule has 2 N–H and O–H groups in total. The molecule has 0 bridgehead atoms. The van der Waals surface area contributed by atoms with Gasteiger partial charge in [-0.1, -0.05) is 55.5 Å². The molecule has 0 radical (unpaired) electrons. The lowest BCUT2D eigenvalue weighted by molar-refractivity contribution is -0.122. The molecule has 0 heterocycles. The third-order valence-electron chi connectivity index (χ3n) is 4.61. The van der Waals surface area contributed by atoms with Gasteiger partial charge in [0.15, 0.2) is 0 Å². The molecule has 1 atom stereocenters. The van der Waals surface area contributed by atoms with Crippen LogP contribution in [0.25, 0.3) is 11.1 Å². The van der Waals surface area contributed by atoms with Crippen LogP contribution < -0.4 is 10.6 Å². The molecule has 0 aromatic heterocycles. The average molecular weight is 338 g/mol. The fourth-order valence-electron chi connectivity index (χ4n) is 3.31. The number of carbonyl (C=O) groups is 2. The summed E-state index contributed by atoms with van der Waals surface area (Å²) in [6.07, 6.45) is -0.0681. The zero-order valence-corrected chi connectivity index (χ0v) is 14.4. The van der Waals surface area contributed by atoms with E-state index in [0.717, 1.165) is 11.1 Å². The van der Waals surface area contributed by atoms with E-state index in [2.05, 4.69) is 34.9 Å². The van der Waals surface area contributed by atoms with Crippen molar-refractivity contribution >= 4 is 12.0 Å². The molecule has 1 aliphatic rings. The Kier molecular flexibility index (Phi) is 5.03. The van der Waals surface area contributed by atoms with Gasteiger partial charge in [0.1, 0.15) is 12.6 Å². The van der Waals surface area contributed by atoms with E-state index in [0.29, 0.717) is 6.42 Å². The van der Waals surface area contributed by atoms with Crippen molar-refractivity contribution in [2.45, 2.75) is 25.3 Å². The molecule has 25 heavy (non-hydrogen) atoms.